The molecule has 1 heterocycles. The van der Waals surface area contributed by atoms with E-state index in [2.05, 4.69) is 16.0 Å². The first-order valence-corrected chi connectivity index (χ1v) is 12.3. The van der Waals surface area contributed by atoms with E-state index in [0.717, 1.165) is 12.8 Å². The van der Waals surface area contributed by atoms with Gasteiger partial charge < -0.3 is 20.7 Å². The van der Waals surface area contributed by atoms with Gasteiger partial charge in [0.1, 0.15) is 24.2 Å². The molecule has 0 radical (unpaired) electrons. The highest BCUT2D eigenvalue weighted by Gasteiger charge is 2.38. The number of hydrogen-bond acceptors (Lipinski definition) is 5. The molecule has 2 unspecified atom stereocenters. The van der Waals surface area contributed by atoms with E-state index in [1.165, 1.54) is 0 Å². The molecular weight excluding hydrogens is 422 g/mol. The van der Waals surface area contributed by atoms with Gasteiger partial charge in [0.25, 0.3) is 0 Å². The minimum absolute atomic E-state index is 0.0200. The van der Waals surface area contributed by atoms with Crippen LogP contribution in [0.15, 0.2) is 0 Å². The maximum absolute atomic E-state index is 13.2. The molecule has 33 heavy (non-hydrogen) atoms. The summed E-state index contributed by atoms with van der Waals surface area (Å²) in [6.07, 6.45) is 2.44. The Morgan fingerprint density at radius 2 is 1.39 bits per heavy atom. The Labute approximate surface area is 199 Å². The average molecular weight is 468 g/mol. The van der Waals surface area contributed by atoms with Gasteiger partial charge in [0, 0.05) is 0 Å². The molecule has 3 amide bonds. The zero-order valence-electron chi connectivity index (χ0n) is 21.7. The number of unbranched alkanes of at least 4 members (excludes halogenated alkanes) is 1. The van der Waals surface area contributed by atoms with Crippen LogP contribution in [0.4, 0.5) is 0 Å². The molecular formula is C25H45N3O5. The Bertz CT molecular complexity index is 684. The van der Waals surface area contributed by atoms with Crippen molar-refractivity contribution in [2.75, 3.05) is 0 Å². The first kappa shape index (κ1) is 28.9. The molecule has 1 rings (SSSR count). The third kappa shape index (κ3) is 10.1. The van der Waals surface area contributed by atoms with Gasteiger partial charge in [0.15, 0.2) is 0 Å². The lowest BCUT2D eigenvalue weighted by Crippen LogP contribution is -2.58. The van der Waals surface area contributed by atoms with Crippen molar-refractivity contribution >= 4 is 23.7 Å². The molecule has 0 aromatic rings. The summed E-state index contributed by atoms with van der Waals surface area (Å²) in [6.45, 7) is 15.4. The Hall–Kier alpha value is -2.12. The van der Waals surface area contributed by atoms with Crippen LogP contribution in [0.25, 0.3) is 0 Å². The molecule has 1 fully saturated rings. The van der Waals surface area contributed by atoms with E-state index in [-0.39, 0.29) is 30.1 Å². The Morgan fingerprint density at radius 3 is 1.88 bits per heavy atom. The van der Waals surface area contributed by atoms with Gasteiger partial charge >= 0.3 is 5.97 Å². The van der Waals surface area contributed by atoms with Gasteiger partial charge in [-0.2, -0.15) is 0 Å². The van der Waals surface area contributed by atoms with Gasteiger partial charge in [-0.25, -0.2) is 4.79 Å². The van der Waals surface area contributed by atoms with Gasteiger partial charge in [-0.3, -0.25) is 14.4 Å². The van der Waals surface area contributed by atoms with E-state index in [4.69, 9.17) is 4.74 Å². The molecule has 3 N–H and O–H groups in total. The quantitative estimate of drug-likeness (QED) is 0.498. The van der Waals surface area contributed by atoms with Crippen LogP contribution in [-0.4, -0.2) is 47.9 Å². The summed E-state index contributed by atoms with van der Waals surface area (Å²) in [5.74, 6) is -1.41. The fourth-order valence-electron chi connectivity index (χ4n) is 3.88. The average Bonchev–Trinajstić information content (AvgIpc) is 2.66. The Morgan fingerprint density at radius 1 is 0.879 bits per heavy atom. The van der Waals surface area contributed by atoms with Crippen LogP contribution in [0.1, 0.15) is 93.9 Å². The molecule has 8 heteroatoms. The van der Waals surface area contributed by atoms with Gasteiger partial charge in [-0.15, -0.1) is 0 Å². The normalized spacial score (nSPS) is 26.0. The van der Waals surface area contributed by atoms with Crippen LogP contribution in [0.3, 0.4) is 0 Å². The molecule has 0 bridgehead atoms. The first-order chi connectivity index (χ1) is 15.2. The van der Waals surface area contributed by atoms with E-state index in [1.807, 2.05) is 55.4 Å². The van der Waals surface area contributed by atoms with Crippen molar-refractivity contribution in [3.63, 3.8) is 0 Å². The van der Waals surface area contributed by atoms with E-state index >= 15 is 0 Å². The van der Waals surface area contributed by atoms with E-state index < -0.39 is 41.5 Å². The summed E-state index contributed by atoms with van der Waals surface area (Å²) in [5, 5.41) is 8.47. The van der Waals surface area contributed by atoms with E-state index in [9.17, 15) is 19.2 Å². The monoisotopic (exact) mass is 467 g/mol. The van der Waals surface area contributed by atoms with Crippen LogP contribution >= 0.6 is 0 Å². The topological polar surface area (TPSA) is 114 Å². The predicted octanol–water partition coefficient (Wildman–Crippen LogP) is 3.08. The number of amides is 3. The van der Waals surface area contributed by atoms with Crippen molar-refractivity contribution in [3.05, 3.63) is 0 Å². The number of hydrogen-bond donors (Lipinski definition) is 3. The summed E-state index contributed by atoms with van der Waals surface area (Å²) < 4.78 is 5.76. The van der Waals surface area contributed by atoms with E-state index in [0.29, 0.717) is 19.3 Å². The maximum Gasteiger partial charge on any atom is 0.329 e. The highest BCUT2D eigenvalue weighted by atomic mass is 16.5. The number of rotatable bonds is 7. The molecule has 0 aliphatic carbocycles. The zero-order valence-corrected chi connectivity index (χ0v) is 21.7. The third-order valence-electron chi connectivity index (χ3n) is 5.66. The standard InChI is InChI=1S/C25H45N3O5/c1-9-10-11-17-14-20(29)26-18(12-15(2)3)22(30)27-19(13-16(4)5)23(31)28-21(24(32)33-17)25(6,7)8/h15-19,21H,9-14H2,1-8H3,(H,26,29)(H,27,30)(H,28,31)/t17?,18-,19+,21?/m1/s1. The number of carbonyl (C=O) groups is 4. The van der Waals surface area contributed by atoms with Crippen LogP contribution in [0, 0.1) is 17.3 Å². The third-order valence-corrected chi connectivity index (χ3v) is 5.66. The van der Waals surface area contributed by atoms with Gasteiger partial charge in [0.05, 0.1) is 6.42 Å². The summed E-state index contributed by atoms with van der Waals surface area (Å²) >= 11 is 0. The fraction of sp³-hybridized carbons (Fsp3) is 0.840. The van der Waals surface area contributed by atoms with E-state index in [1.54, 1.807) is 0 Å². The Kier molecular flexibility index (Phi) is 11.3. The maximum atomic E-state index is 13.2. The number of carbonyl (C=O) groups excluding carboxylic acids is 4. The SMILES string of the molecule is CCCCC1CC(=O)N[C@H](CC(C)C)C(=O)N[C@@H](CC(C)C)C(=O)NC(C(C)(C)C)C(=O)O1. The molecule has 0 saturated carbocycles. The van der Waals surface area contributed by atoms with Gasteiger partial charge in [-0.1, -0.05) is 68.2 Å². The zero-order chi connectivity index (χ0) is 25.3. The predicted molar refractivity (Wildman–Crippen MR) is 128 cm³/mol. The number of cyclic esters (lactones) is 1. The van der Waals surface area contributed by atoms with Crippen LogP contribution in [-0.2, 0) is 23.9 Å². The molecule has 1 saturated heterocycles. The molecule has 8 nitrogen and oxygen atoms in total. The number of nitrogens with one attached hydrogen (secondary N) is 3. The summed E-state index contributed by atoms with van der Waals surface area (Å²) in [6, 6.07) is -2.49. The molecule has 4 atom stereocenters. The number of esters is 1. The lowest BCUT2D eigenvalue weighted by Gasteiger charge is -2.32. The van der Waals surface area contributed by atoms with Crippen LogP contribution in [0.2, 0.25) is 0 Å². The summed E-state index contributed by atoms with van der Waals surface area (Å²) in [5.41, 5.74) is -0.614. The minimum atomic E-state index is -0.907. The first-order valence-electron chi connectivity index (χ1n) is 12.3. The van der Waals surface area contributed by atoms with Crippen molar-refractivity contribution in [2.24, 2.45) is 17.3 Å². The minimum Gasteiger partial charge on any atom is -0.460 e. The fourth-order valence-corrected chi connectivity index (χ4v) is 3.88. The lowest BCUT2D eigenvalue weighted by atomic mass is 9.86. The lowest BCUT2D eigenvalue weighted by molar-refractivity contribution is -0.157. The van der Waals surface area contributed by atoms with Crippen molar-refractivity contribution < 1.29 is 23.9 Å². The highest BCUT2D eigenvalue weighted by Crippen LogP contribution is 2.23. The Balaban J connectivity index is 3.37. The molecule has 0 aromatic heterocycles. The summed E-state index contributed by atoms with van der Waals surface area (Å²) in [7, 11) is 0. The molecule has 0 aromatic carbocycles. The second-order valence-corrected chi connectivity index (χ2v) is 11.2. The van der Waals surface area contributed by atoms with Crippen molar-refractivity contribution in [1.29, 1.82) is 0 Å². The molecule has 1 aliphatic heterocycles. The molecule has 190 valence electrons. The summed E-state index contributed by atoms with van der Waals surface area (Å²) in [4.78, 5) is 52.3. The smallest absolute Gasteiger partial charge is 0.329 e. The van der Waals surface area contributed by atoms with Crippen molar-refractivity contribution in [1.82, 2.24) is 16.0 Å². The second kappa shape index (κ2) is 12.9. The second-order valence-electron chi connectivity index (χ2n) is 11.2. The molecule has 0 spiro atoms. The van der Waals surface area contributed by atoms with Crippen molar-refractivity contribution in [3.8, 4) is 0 Å². The van der Waals surface area contributed by atoms with Crippen molar-refractivity contribution in [2.45, 2.75) is 118 Å². The van der Waals surface area contributed by atoms with Crippen LogP contribution in [0.5, 0.6) is 0 Å². The van der Waals surface area contributed by atoms with Crippen LogP contribution < -0.4 is 16.0 Å². The highest BCUT2D eigenvalue weighted by molar-refractivity contribution is 5.94. The van der Waals surface area contributed by atoms with Gasteiger partial charge in [0.2, 0.25) is 17.7 Å². The molecule has 1 aliphatic rings. The number of ether oxygens (including phenoxy) is 1. The van der Waals surface area contributed by atoms with Gasteiger partial charge in [-0.05, 0) is 36.5 Å². The largest absolute Gasteiger partial charge is 0.460 e.